The third-order valence-electron chi connectivity index (χ3n) is 11.7. The molecule has 0 fully saturated rings. The maximum atomic E-state index is 13.0. The summed E-state index contributed by atoms with van der Waals surface area (Å²) in [5, 5.41) is 14.0. The quantitative estimate of drug-likeness (QED) is 0.0272. The van der Waals surface area contributed by atoms with Crippen LogP contribution in [0.3, 0.4) is 0 Å². The highest BCUT2D eigenvalue weighted by atomic mass is 31.2. The number of hydrogen-bond donors (Lipinski definition) is 2. The molecule has 0 aliphatic heterocycles. The molecule has 1 amide bonds. The summed E-state index contributed by atoms with van der Waals surface area (Å²) >= 11 is 0. The molecule has 0 aliphatic carbocycles. The Hall–Kier alpha value is -2.06. The Morgan fingerprint density at radius 1 is 0.554 bits per heavy atom. The first kappa shape index (κ1) is 62.9. The van der Waals surface area contributed by atoms with E-state index in [9.17, 15) is 19.4 Å². The minimum Gasteiger partial charge on any atom is -0.756 e. The molecule has 8 nitrogen and oxygen atoms in total. The number of aliphatic hydroxyl groups excluding tert-OH is 1. The lowest BCUT2D eigenvalue weighted by molar-refractivity contribution is -0.870. The zero-order valence-electron chi connectivity index (χ0n) is 42.9. The predicted molar refractivity (Wildman–Crippen MR) is 279 cm³/mol. The van der Waals surface area contributed by atoms with Crippen LogP contribution in [0.1, 0.15) is 226 Å². The summed E-state index contributed by atoms with van der Waals surface area (Å²) in [6, 6.07) is -0.813. The number of rotatable bonds is 48. The van der Waals surface area contributed by atoms with E-state index in [-0.39, 0.29) is 19.1 Å². The van der Waals surface area contributed by atoms with Gasteiger partial charge in [-0.25, -0.2) is 0 Å². The molecule has 0 spiro atoms. The average molecular weight is 931 g/mol. The molecule has 65 heavy (non-hydrogen) atoms. The molecule has 0 rings (SSSR count). The van der Waals surface area contributed by atoms with Gasteiger partial charge >= 0.3 is 0 Å². The Morgan fingerprint density at radius 3 is 1.37 bits per heavy atom. The van der Waals surface area contributed by atoms with Crippen molar-refractivity contribution in [1.82, 2.24) is 5.32 Å². The third-order valence-corrected chi connectivity index (χ3v) is 12.7. The number of aliphatic hydroxyl groups is 1. The first-order valence-corrected chi connectivity index (χ1v) is 28.2. The van der Waals surface area contributed by atoms with Crippen LogP contribution in [0.5, 0.6) is 0 Å². The number of nitrogens with one attached hydrogen (secondary N) is 1. The lowest BCUT2D eigenvalue weighted by atomic mass is 10.0. The van der Waals surface area contributed by atoms with Gasteiger partial charge in [-0.2, -0.15) is 0 Å². The van der Waals surface area contributed by atoms with Crippen LogP contribution in [0.2, 0.25) is 0 Å². The molecule has 0 heterocycles. The lowest BCUT2D eigenvalue weighted by Gasteiger charge is -2.30. The summed E-state index contributed by atoms with van der Waals surface area (Å²) in [5.74, 6) is -0.181. The summed E-state index contributed by atoms with van der Waals surface area (Å²) in [5.41, 5.74) is 0. The topological polar surface area (TPSA) is 108 Å². The highest BCUT2D eigenvalue weighted by molar-refractivity contribution is 7.45. The van der Waals surface area contributed by atoms with E-state index in [0.717, 1.165) is 89.9 Å². The Balaban J connectivity index is 4.29. The van der Waals surface area contributed by atoms with E-state index in [1.165, 1.54) is 109 Å². The van der Waals surface area contributed by atoms with Crippen molar-refractivity contribution in [2.45, 2.75) is 238 Å². The molecular weight excluding hydrogens is 828 g/mol. The predicted octanol–water partition coefficient (Wildman–Crippen LogP) is 15.3. The van der Waals surface area contributed by atoms with Crippen LogP contribution in [0, 0.1) is 0 Å². The van der Waals surface area contributed by atoms with Gasteiger partial charge in [-0.15, -0.1) is 0 Å². The van der Waals surface area contributed by atoms with Gasteiger partial charge in [0.15, 0.2) is 0 Å². The van der Waals surface area contributed by atoms with Crippen molar-refractivity contribution >= 4 is 13.7 Å². The van der Waals surface area contributed by atoms with Crippen molar-refractivity contribution in [3.63, 3.8) is 0 Å². The van der Waals surface area contributed by atoms with Crippen LogP contribution in [0.15, 0.2) is 72.9 Å². The molecule has 0 saturated carbocycles. The number of allylic oxidation sites excluding steroid dienone is 12. The van der Waals surface area contributed by atoms with Crippen molar-refractivity contribution in [1.29, 1.82) is 0 Å². The van der Waals surface area contributed by atoms with Crippen LogP contribution < -0.4 is 10.2 Å². The molecule has 0 aromatic carbocycles. The van der Waals surface area contributed by atoms with Crippen molar-refractivity contribution in [2.75, 3.05) is 40.9 Å². The van der Waals surface area contributed by atoms with Crippen LogP contribution in [-0.4, -0.2) is 68.5 Å². The highest BCUT2D eigenvalue weighted by Crippen LogP contribution is 2.38. The fourth-order valence-corrected chi connectivity index (χ4v) is 8.24. The number of carbonyl (C=O) groups excluding carboxylic acids is 1. The number of unbranched alkanes of at least 4 members (excludes halogenated alkanes) is 23. The normalized spacial score (nSPS) is 14.6. The van der Waals surface area contributed by atoms with Gasteiger partial charge in [-0.05, 0) is 64.2 Å². The van der Waals surface area contributed by atoms with Crippen LogP contribution >= 0.6 is 7.82 Å². The number of quaternary nitrogens is 1. The van der Waals surface area contributed by atoms with E-state index in [0.29, 0.717) is 23.9 Å². The monoisotopic (exact) mass is 931 g/mol. The van der Waals surface area contributed by atoms with E-state index in [4.69, 9.17) is 9.05 Å². The lowest BCUT2D eigenvalue weighted by Crippen LogP contribution is -2.46. The van der Waals surface area contributed by atoms with Gasteiger partial charge in [0.05, 0.1) is 39.9 Å². The summed E-state index contributed by atoms with van der Waals surface area (Å²) in [6.07, 6.45) is 63.4. The minimum atomic E-state index is -4.58. The molecular formula is C56H103N2O6P. The first-order chi connectivity index (χ1) is 31.5. The van der Waals surface area contributed by atoms with Gasteiger partial charge in [0.25, 0.3) is 7.82 Å². The molecule has 3 atom stereocenters. The maximum absolute atomic E-state index is 13.0. The molecule has 0 radical (unpaired) electrons. The SMILES string of the molecule is CC/C=C\C/C=C\C/C=C\C/C=C\C/C=C\C/C=C\CCCCCCCCC(=O)NC(COP(=O)([O-])OCC[N+](C)(C)C)C(O)CCCCCCCCCCCCCCCCCCCC. The van der Waals surface area contributed by atoms with Crippen molar-refractivity contribution in [3.05, 3.63) is 72.9 Å². The van der Waals surface area contributed by atoms with Crippen LogP contribution in [-0.2, 0) is 18.4 Å². The average Bonchev–Trinajstić information content (AvgIpc) is 3.26. The molecule has 3 unspecified atom stereocenters. The van der Waals surface area contributed by atoms with E-state index in [1.807, 2.05) is 21.1 Å². The summed E-state index contributed by atoms with van der Waals surface area (Å²) < 4.78 is 23.4. The van der Waals surface area contributed by atoms with E-state index in [1.54, 1.807) is 0 Å². The minimum absolute atomic E-state index is 0.00563. The van der Waals surface area contributed by atoms with Crippen molar-refractivity contribution < 1.29 is 32.9 Å². The maximum Gasteiger partial charge on any atom is 0.268 e. The van der Waals surface area contributed by atoms with E-state index < -0.39 is 20.0 Å². The standard InChI is InChI=1S/C56H103N2O6P/c1-6-8-10-12-14-16-18-20-22-24-26-27-28-29-30-31-32-34-36-38-40-42-44-46-48-50-56(60)57-54(53-64-65(61,62)63-52-51-58(3,4)5)55(59)49-47-45-43-41-39-37-35-33-25-23-21-19-17-15-13-11-9-7-2/h8,10,14,16,20,22,26-27,29-30,32,34,54-55,59H,6-7,9,11-13,15,17-19,21,23-25,28,31,33,35-53H2,1-5H3,(H-,57,60,61,62)/b10-8-,16-14-,22-20-,27-26-,30-29-,34-32-. The van der Waals surface area contributed by atoms with Gasteiger partial charge in [-0.1, -0.05) is 228 Å². The fraction of sp³-hybridized carbons (Fsp3) is 0.768. The van der Waals surface area contributed by atoms with Gasteiger partial charge in [0.1, 0.15) is 13.2 Å². The molecule has 378 valence electrons. The second-order valence-electron chi connectivity index (χ2n) is 19.2. The van der Waals surface area contributed by atoms with Crippen molar-refractivity contribution in [2.24, 2.45) is 0 Å². The van der Waals surface area contributed by atoms with Gasteiger partial charge < -0.3 is 28.8 Å². The Morgan fingerprint density at radius 2 is 0.938 bits per heavy atom. The fourth-order valence-electron chi connectivity index (χ4n) is 7.51. The number of carbonyl (C=O) groups is 1. The second kappa shape index (κ2) is 47.0. The second-order valence-corrected chi connectivity index (χ2v) is 20.6. The highest BCUT2D eigenvalue weighted by Gasteiger charge is 2.24. The number of amides is 1. The molecule has 9 heteroatoms. The Kier molecular flexibility index (Phi) is 45.5. The zero-order chi connectivity index (χ0) is 47.8. The molecule has 0 aliphatic rings. The number of hydrogen-bond acceptors (Lipinski definition) is 6. The number of phosphoric ester groups is 1. The Bertz CT molecular complexity index is 1290. The van der Waals surface area contributed by atoms with Crippen LogP contribution in [0.25, 0.3) is 0 Å². The first-order valence-electron chi connectivity index (χ1n) is 26.8. The third kappa shape index (κ3) is 49.7. The van der Waals surface area contributed by atoms with Crippen molar-refractivity contribution in [3.8, 4) is 0 Å². The Labute approximate surface area is 402 Å². The molecule has 0 aromatic heterocycles. The van der Waals surface area contributed by atoms with E-state index in [2.05, 4.69) is 92.1 Å². The molecule has 0 bridgehead atoms. The summed E-state index contributed by atoms with van der Waals surface area (Å²) in [6.45, 7) is 4.60. The largest absolute Gasteiger partial charge is 0.756 e. The molecule has 0 saturated heterocycles. The zero-order valence-corrected chi connectivity index (χ0v) is 43.8. The number of likely N-dealkylation sites (N-methyl/N-ethyl adjacent to an activating group) is 1. The number of phosphoric acid groups is 1. The van der Waals surface area contributed by atoms with E-state index >= 15 is 0 Å². The van der Waals surface area contributed by atoms with Crippen LogP contribution in [0.4, 0.5) is 0 Å². The summed E-state index contributed by atoms with van der Waals surface area (Å²) in [7, 11) is 1.29. The van der Waals surface area contributed by atoms with Gasteiger partial charge in [-0.3, -0.25) is 9.36 Å². The van der Waals surface area contributed by atoms with Gasteiger partial charge in [0, 0.05) is 6.42 Å². The summed E-state index contributed by atoms with van der Waals surface area (Å²) in [4.78, 5) is 25.5. The smallest absolute Gasteiger partial charge is 0.268 e. The molecule has 0 aromatic rings. The molecule has 2 N–H and O–H groups in total. The van der Waals surface area contributed by atoms with Gasteiger partial charge in [0.2, 0.25) is 5.91 Å². The number of nitrogens with zero attached hydrogens (tertiary/aromatic N) is 1.